The van der Waals surface area contributed by atoms with E-state index >= 15 is 0 Å². The summed E-state index contributed by atoms with van der Waals surface area (Å²) in [7, 11) is 0. The van der Waals surface area contributed by atoms with Gasteiger partial charge in [-0.2, -0.15) is 0 Å². The van der Waals surface area contributed by atoms with Crippen LogP contribution in [0.5, 0.6) is 11.5 Å². The first-order chi connectivity index (χ1) is 12.8. The molecular formula is C20H22FNO5. The van der Waals surface area contributed by atoms with Gasteiger partial charge in [0.15, 0.2) is 12.2 Å². The zero-order valence-corrected chi connectivity index (χ0v) is 15.5. The first kappa shape index (κ1) is 20.2. The molecule has 0 spiro atoms. The highest BCUT2D eigenvalue weighted by atomic mass is 19.1. The molecule has 0 atom stereocenters. The summed E-state index contributed by atoms with van der Waals surface area (Å²) in [4.78, 5) is 24.3. The average Bonchev–Trinajstić information content (AvgIpc) is 2.63. The molecule has 0 unspecified atom stereocenters. The molecular weight excluding hydrogens is 353 g/mol. The molecule has 0 aliphatic carbocycles. The number of carbonyl (C=O) groups excluding carboxylic acids is 2. The number of para-hydroxylation sites is 2. The van der Waals surface area contributed by atoms with Crippen LogP contribution in [0.1, 0.15) is 20.8 Å². The minimum atomic E-state index is -1.35. The number of benzene rings is 2. The summed E-state index contributed by atoms with van der Waals surface area (Å²) in [5.41, 5.74) is -0.858. The second-order valence-corrected chi connectivity index (χ2v) is 6.12. The van der Waals surface area contributed by atoms with Crippen molar-refractivity contribution in [3.05, 3.63) is 54.3 Å². The van der Waals surface area contributed by atoms with Gasteiger partial charge < -0.3 is 19.5 Å². The van der Waals surface area contributed by atoms with Crippen molar-refractivity contribution in [3.63, 3.8) is 0 Å². The Morgan fingerprint density at radius 2 is 1.74 bits per heavy atom. The van der Waals surface area contributed by atoms with Crippen LogP contribution in [0, 0.1) is 5.82 Å². The van der Waals surface area contributed by atoms with E-state index in [4.69, 9.17) is 14.2 Å². The molecule has 0 bridgehead atoms. The van der Waals surface area contributed by atoms with Gasteiger partial charge in [0.1, 0.15) is 17.3 Å². The van der Waals surface area contributed by atoms with Gasteiger partial charge in [-0.3, -0.25) is 4.79 Å². The summed E-state index contributed by atoms with van der Waals surface area (Å²) in [6.45, 7) is 4.82. The monoisotopic (exact) mass is 375 g/mol. The van der Waals surface area contributed by atoms with Crippen LogP contribution in [0.25, 0.3) is 0 Å². The molecule has 0 saturated carbocycles. The molecule has 1 N–H and O–H groups in total. The maximum atomic E-state index is 12.9. The Kier molecular flexibility index (Phi) is 6.76. The third-order valence-corrected chi connectivity index (χ3v) is 3.47. The average molecular weight is 375 g/mol. The van der Waals surface area contributed by atoms with Crippen LogP contribution in [0.15, 0.2) is 48.5 Å². The van der Waals surface area contributed by atoms with Crippen LogP contribution >= 0.6 is 0 Å². The molecule has 0 saturated heterocycles. The largest absolute Gasteiger partial charge is 0.492 e. The van der Waals surface area contributed by atoms with Crippen LogP contribution < -0.4 is 14.8 Å². The number of hydrogen-bond donors (Lipinski definition) is 1. The molecule has 27 heavy (non-hydrogen) atoms. The Hall–Kier alpha value is -3.09. The first-order valence-electron chi connectivity index (χ1n) is 8.45. The number of amides is 1. The van der Waals surface area contributed by atoms with E-state index in [-0.39, 0.29) is 0 Å². The van der Waals surface area contributed by atoms with Gasteiger partial charge in [-0.05, 0) is 57.2 Å². The van der Waals surface area contributed by atoms with Gasteiger partial charge in [0.05, 0.1) is 12.3 Å². The number of halogens is 1. The van der Waals surface area contributed by atoms with E-state index in [1.54, 1.807) is 24.3 Å². The summed E-state index contributed by atoms with van der Waals surface area (Å²) >= 11 is 0. The predicted molar refractivity (Wildman–Crippen MR) is 98.3 cm³/mol. The fraction of sp³-hybridized carbons (Fsp3) is 0.300. The maximum Gasteiger partial charge on any atom is 0.350 e. The molecule has 6 nitrogen and oxygen atoms in total. The topological polar surface area (TPSA) is 73.9 Å². The normalized spacial score (nSPS) is 10.8. The van der Waals surface area contributed by atoms with E-state index in [0.29, 0.717) is 23.8 Å². The lowest BCUT2D eigenvalue weighted by atomic mass is 10.1. The number of esters is 1. The lowest BCUT2D eigenvalue weighted by Gasteiger charge is -2.24. The lowest BCUT2D eigenvalue weighted by molar-refractivity contribution is -0.161. The number of anilines is 1. The third kappa shape index (κ3) is 5.99. The Morgan fingerprint density at radius 1 is 1.07 bits per heavy atom. The Morgan fingerprint density at radius 3 is 2.41 bits per heavy atom. The van der Waals surface area contributed by atoms with E-state index in [1.807, 2.05) is 6.92 Å². The molecule has 1 amide bonds. The SMILES string of the molecule is CCOc1ccccc1NC(=O)COC(=O)C(C)(C)Oc1ccc(F)cc1. The zero-order valence-electron chi connectivity index (χ0n) is 15.5. The molecule has 0 radical (unpaired) electrons. The minimum Gasteiger partial charge on any atom is -0.492 e. The first-order valence-corrected chi connectivity index (χ1v) is 8.45. The molecule has 0 aromatic heterocycles. The summed E-state index contributed by atoms with van der Waals surface area (Å²) in [5, 5.41) is 2.63. The van der Waals surface area contributed by atoms with E-state index < -0.39 is 29.9 Å². The molecule has 0 aliphatic rings. The zero-order chi connectivity index (χ0) is 19.9. The minimum absolute atomic E-state index is 0.313. The number of hydrogen-bond acceptors (Lipinski definition) is 5. The molecule has 7 heteroatoms. The molecule has 0 heterocycles. The van der Waals surface area contributed by atoms with Gasteiger partial charge in [0.25, 0.3) is 5.91 Å². The maximum absolute atomic E-state index is 12.9. The summed E-state index contributed by atoms with van der Waals surface area (Å²) in [5.74, 6) is -0.798. The highest BCUT2D eigenvalue weighted by Gasteiger charge is 2.32. The van der Waals surface area contributed by atoms with Crippen molar-refractivity contribution >= 4 is 17.6 Å². The van der Waals surface area contributed by atoms with Crippen LogP contribution in [0.3, 0.4) is 0 Å². The standard InChI is InChI=1S/C20H22FNO5/c1-4-25-17-8-6-5-7-16(17)22-18(23)13-26-19(24)20(2,3)27-15-11-9-14(21)10-12-15/h5-12H,4,13H2,1-3H3,(H,22,23). The summed E-state index contributed by atoms with van der Waals surface area (Å²) in [6, 6.07) is 12.2. The van der Waals surface area contributed by atoms with E-state index in [2.05, 4.69) is 5.32 Å². The molecule has 2 rings (SSSR count). The highest BCUT2D eigenvalue weighted by molar-refractivity contribution is 5.94. The predicted octanol–water partition coefficient (Wildman–Crippen LogP) is 3.56. The van der Waals surface area contributed by atoms with Gasteiger partial charge in [0.2, 0.25) is 0 Å². The Labute approximate surface area is 157 Å². The van der Waals surface area contributed by atoms with Crippen molar-refractivity contribution in [2.75, 3.05) is 18.5 Å². The van der Waals surface area contributed by atoms with Gasteiger partial charge in [-0.1, -0.05) is 12.1 Å². The van der Waals surface area contributed by atoms with Crippen molar-refractivity contribution in [2.24, 2.45) is 0 Å². The molecule has 144 valence electrons. The summed E-state index contributed by atoms with van der Waals surface area (Å²) < 4.78 is 28.9. The Bertz CT molecular complexity index is 789. The highest BCUT2D eigenvalue weighted by Crippen LogP contribution is 2.24. The van der Waals surface area contributed by atoms with Crippen molar-refractivity contribution in [2.45, 2.75) is 26.4 Å². The molecule has 0 fully saturated rings. The van der Waals surface area contributed by atoms with Crippen molar-refractivity contribution in [1.82, 2.24) is 0 Å². The second-order valence-electron chi connectivity index (χ2n) is 6.12. The van der Waals surface area contributed by atoms with Crippen molar-refractivity contribution in [1.29, 1.82) is 0 Å². The fourth-order valence-corrected chi connectivity index (χ4v) is 2.18. The van der Waals surface area contributed by atoms with E-state index in [0.717, 1.165) is 0 Å². The number of rotatable bonds is 8. The lowest BCUT2D eigenvalue weighted by Crippen LogP contribution is -2.41. The van der Waals surface area contributed by atoms with Gasteiger partial charge >= 0.3 is 5.97 Å². The van der Waals surface area contributed by atoms with Gasteiger partial charge in [0, 0.05) is 0 Å². The van der Waals surface area contributed by atoms with Crippen LogP contribution in [0.4, 0.5) is 10.1 Å². The summed E-state index contributed by atoms with van der Waals surface area (Å²) in [6.07, 6.45) is 0. The van der Waals surface area contributed by atoms with Crippen LogP contribution in [-0.4, -0.2) is 30.7 Å². The van der Waals surface area contributed by atoms with Gasteiger partial charge in [-0.15, -0.1) is 0 Å². The van der Waals surface area contributed by atoms with E-state index in [9.17, 15) is 14.0 Å². The van der Waals surface area contributed by atoms with E-state index in [1.165, 1.54) is 38.1 Å². The smallest absolute Gasteiger partial charge is 0.350 e. The molecule has 0 aliphatic heterocycles. The molecule has 2 aromatic carbocycles. The van der Waals surface area contributed by atoms with Crippen molar-refractivity contribution in [3.8, 4) is 11.5 Å². The third-order valence-electron chi connectivity index (χ3n) is 3.47. The van der Waals surface area contributed by atoms with Crippen LogP contribution in [0.2, 0.25) is 0 Å². The van der Waals surface area contributed by atoms with Crippen LogP contribution in [-0.2, 0) is 14.3 Å². The fourth-order valence-electron chi connectivity index (χ4n) is 2.18. The number of carbonyl (C=O) groups is 2. The number of ether oxygens (including phenoxy) is 3. The second kappa shape index (κ2) is 9.02. The van der Waals surface area contributed by atoms with Crippen molar-refractivity contribution < 1.29 is 28.2 Å². The Balaban J connectivity index is 1.90. The van der Waals surface area contributed by atoms with Gasteiger partial charge in [-0.25, -0.2) is 9.18 Å². The number of nitrogens with one attached hydrogen (secondary N) is 1. The molecule has 2 aromatic rings. The quantitative estimate of drug-likeness (QED) is 0.714.